The van der Waals surface area contributed by atoms with Crippen molar-refractivity contribution in [1.82, 2.24) is 0 Å². The number of halogens is 6. The molecule has 0 aliphatic heterocycles. The smallest absolute Gasteiger partial charge is 0.420 e. The predicted molar refractivity (Wildman–Crippen MR) is 130 cm³/mol. The van der Waals surface area contributed by atoms with E-state index < -0.39 is 29.2 Å². The molecule has 10 heteroatoms. The Bertz CT molecular complexity index is 1310. The number of anilines is 1. The first-order chi connectivity index (χ1) is 17.4. The Morgan fingerprint density at radius 1 is 0.784 bits per heavy atom. The number of allylic oxidation sites excluding steroid dienone is 4. The number of benzene rings is 3. The van der Waals surface area contributed by atoms with E-state index in [2.05, 4.69) is 0 Å². The van der Waals surface area contributed by atoms with Crippen LogP contribution in [-0.2, 0) is 6.18 Å². The normalized spacial score (nSPS) is 13.2. The van der Waals surface area contributed by atoms with E-state index in [9.17, 15) is 26.3 Å². The second kappa shape index (κ2) is 11.2. The Kier molecular flexibility index (Phi) is 8.21. The number of ether oxygens (including phenoxy) is 2. The van der Waals surface area contributed by atoms with Gasteiger partial charge in [0.1, 0.15) is 28.6 Å². The third kappa shape index (κ3) is 7.09. The zero-order chi connectivity index (χ0) is 27.2. The standard InChI is InChI=1S/C27H22F6N2O2/c1-2-3-24(22(14-15-34)26(28,29)30)36-20-9-4-17(5-10-20)18-6-11-21(12-7-18)37-25-13-8-19(35)16-23(25)27(31,32)33/h2-16H,34-35H2,1H3/b3-2-,15-14+,24-22-. The molecule has 0 radical (unpaired) electrons. The molecule has 37 heavy (non-hydrogen) atoms. The summed E-state index contributed by atoms with van der Waals surface area (Å²) in [5.41, 5.74) is 9.95. The van der Waals surface area contributed by atoms with Crippen LogP contribution in [0.5, 0.6) is 17.2 Å². The van der Waals surface area contributed by atoms with Crippen molar-refractivity contribution in [2.24, 2.45) is 5.73 Å². The molecule has 0 unspecified atom stereocenters. The average molecular weight is 520 g/mol. The second-order valence-corrected chi connectivity index (χ2v) is 7.64. The summed E-state index contributed by atoms with van der Waals surface area (Å²) in [7, 11) is 0. The van der Waals surface area contributed by atoms with E-state index >= 15 is 0 Å². The van der Waals surface area contributed by atoms with E-state index in [1.807, 2.05) is 0 Å². The molecular weight excluding hydrogens is 498 g/mol. The van der Waals surface area contributed by atoms with Crippen LogP contribution in [0.25, 0.3) is 11.1 Å². The van der Waals surface area contributed by atoms with Gasteiger partial charge in [0.2, 0.25) is 0 Å². The predicted octanol–water partition coefficient (Wildman–Crippen LogP) is 7.99. The molecule has 194 valence electrons. The summed E-state index contributed by atoms with van der Waals surface area (Å²) in [5, 5.41) is 0. The van der Waals surface area contributed by atoms with Gasteiger partial charge in [-0.1, -0.05) is 30.3 Å². The maximum absolute atomic E-state index is 13.4. The fourth-order valence-corrected chi connectivity index (χ4v) is 3.29. The third-order valence-corrected chi connectivity index (χ3v) is 4.96. The van der Waals surface area contributed by atoms with Crippen molar-refractivity contribution in [3.8, 4) is 28.4 Å². The largest absolute Gasteiger partial charge is 0.457 e. The molecule has 0 saturated heterocycles. The molecule has 0 spiro atoms. The molecule has 0 heterocycles. The quantitative estimate of drug-likeness (QED) is 0.143. The molecule has 0 saturated carbocycles. The van der Waals surface area contributed by atoms with Gasteiger partial charge in [0.25, 0.3) is 0 Å². The van der Waals surface area contributed by atoms with Gasteiger partial charge >= 0.3 is 12.4 Å². The fourth-order valence-electron chi connectivity index (χ4n) is 3.29. The number of alkyl halides is 6. The van der Waals surface area contributed by atoms with Crippen molar-refractivity contribution in [2.75, 3.05) is 5.73 Å². The topological polar surface area (TPSA) is 70.5 Å². The summed E-state index contributed by atoms with van der Waals surface area (Å²) >= 11 is 0. The first-order valence-corrected chi connectivity index (χ1v) is 10.8. The number of hydrogen-bond acceptors (Lipinski definition) is 4. The van der Waals surface area contributed by atoms with Crippen LogP contribution >= 0.6 is 0 Å². The molecule has 0 aliphatic carbocycles. The highest BCUT2D eigenvalue weighted by Crippen LogP contribution is 2.39. The van der Waals surface area contributed by atoms with Crippen molar-refractivity contribution in [3.63, 3.8) is 0 Å². The van der Waals surface area contributed by atoms with Gasteiger partial charge in [0.05, 0.1) is 5.57 Å². The van der Waals surface area contributed by atoms with Gasteiger partial charge in [-0.25, -0.2) is 0 Å². The van der Waals surface area contributed by atoms with Crippen molar-refractivity contribution in [3.05, 3.63) is 108 Å². The lowest BCUT2D eigenvalue weighted by molar-refractivity contribution is -0.138. The summed E-state index contributed by atoms with van der Waals surface area (Å²) in [5.74, 6) is -0.477. The molecule has 0 bridgehead atoms. The Balaban J connectivity index is 1.81. The average Bonchev–Trinajstić information content (AvgIpc) is 2.83. The lowest BCUT2D eigenvalue weighted by Gasteiger charge is -2.15. The molecule has 0 amide bonds. The van der Waals surface area contributed by atoms with Crippen molar-refractivity contribution in [1.29, 1.82) is 0 Å². The summed E-state index contributed by atoms with van der Waals surface area (Å²) in [4.78, 5) is 0. The molecule has 3 aromatic carbocycles. The molecule has 3 aromatic rings. The Hall–Kier alpha value is -4.34. The highest BCUT2D eigenvalue weighted by molar-refractivity contribution is 5.65. The van der Waals surface area contributed by atoms with Gasteiger partial charge in [0, 0.05) is 5.69 Å². The summed E-state index contributed by atoms with van der Waals surface area (Å²) in [6, 6.07) is 15.8. The SMILES string of the molecule is C\C=C/C(Oc1ccc(-c2ccc(Oc3ccc(N)cc3C(F)(F)F)cc2)cc1)=C(\C=C\N)C(F)(F)F. The second-order valence-electron chi connectivity index (χ2n) is 7.64. The van der Waals surface area contributed by atoms with E-state index in [0.29, 0.717) is 11.1 Å². The molecule has 0 aliphatic rings. The zero-order valence-electron chi connectivity index (χ0n) is 19.4. The van der Waals surface area contributed by atoms with Crippen LogP contribution in [0.1, 0.15) is 12.5 Å². The third-order valence-electron chi connectivity index (χ3n) is 4.96. The van der Waals surface area contributed by atoms with Crippen LogP contribution < -0.4 is 20.9 Å². The number of hydrogen-bond donors (Lipinski definition) is 2. The van der Waals surface area contributed by atoms with Crippen LogP contribution in [0.4, 0.5) is 32.0 Å². The molecular formula is C27H22F6N2O2. The highest BCUT2D eigenvalue weighted by atomic mass is 19.4. The first kappa shape index (κ1) is 27.3. The molecule has 3 rings (SSSR count). The zero-order valence-corrected chi connectivity index (χ0v) is 19.4. The van der Waals surface area contributed by atoms with Crippen LogP contribution in [0.2, 0.25) is 0 Å². The van der Waals surface area contributed by atoms with Gasteiger partial charge in [-0.3, -0.25) is 0 Å². The summed E-state index contributed by atoms with van der Waals surface area (Å²) in [6.45, 7) is 1.55. The first-order valence-electron chi connectivity index (χ1n) is 10.8. The fraction of sp³-hybridized carbons (Fsp3) is 0.111. The van der Waals surface area contributed by atoms with Crippen molar-refractivity contribution < 1.29 is 35.8 Å². The van der Waals surface area contributed by atoms with Crippen LogP contribution in [0.3, 0.4) is 0 Å². The molecule has 4 nitrogen and oxygen atoms in total. The van der Waals surface area contributed by atoms with Gasteiger partial charge < -0.3 is 20.9 Å². The Morgan fingerprint density at radius 2 is 1.35 bits per heavy atom. The molecule has 0 atom stereocenters. The van der Waals surface area contributed by atoms with Gasteiger partial charge in [0.15, 0.2) is 0 Å². The molecule has 0 fully saturated rings. The lowest BCUT2D eigenvalue weighted by atomic mass is 10.1. The lowest BCUT2D eigenvalue weighted by Crippen LogP contribution is -2.15. The Morgan fingerprint density at radius 3 is 1.84 bits per heavy atom. The van der Waals surface area contributed by atoms with Crippen LogP contribution in [-0.4, -0.2) is 6.18 Å². The summed E-state index contributed by atoms with van der Waals surface area (Å²) < 4.78 is 90.9. The number of nitrogens with two attached hydrogens (primary N) is 2. The summed E-state index contributed by atoms with van der Waals surface area (Å²) in [6.07, 6.45) is -5.23. The highest BCUT2D eigenvalue weighted by Gasteiger charge is 2.36. The van der Waals surface area contributed by atoms with Crippen molar-refractivity contribution >= 4 is 5.69 Å². The Labute approximate surface area is 209 Å². The van der Waals surface area contributed by atoms with Gasteiger partial charge in [-0.2, -0.15) is 26.3 Å². The number of nitrogen functional groups attached to an aromatic ring is 1. The molecule has 0 aromatic heterocycles. The minimum Gasteiger partial charge on any atom is -0.457 e. The maximum Gasteiger partial charge on any atom is 0.420 e. The van der Waals surface area contributed by atoms with Crippen LogP contribution in [0, 0.1) is 0 Å². The maximum atomic E-state index is 13.4. The van der Waals surface area contributed by atoms with E-state index in [-0.39, 0.29) is 22.9 Å². The van der Waals surface area contributed by atoms with Crippen LogP contribution in [0.15, 0.2) is 102 Å². The van der Waals surface area contributed by atoms with E-state index in [4.69, 9.17) is 20.9 Å². The van der Waals surface area contributed by atoms with E-state index in [0.717, 1.165) is 24.4 Å². The number of rotatable bonds is 7. The van der Waals surface area contributed by atoms with Gasteiger partial charge in [-0.05, 0) is 78.9 Å². The van der Waals surface area contributed by atoms with Gasteiger partial charge in [-0.15, -0.1) is 0 Å². The minimum absolute atomic E-state index is 0.0405. The van der Waals surface area contributed by atoms with Crippen molar-refractivity contribution in [2.45, 2.75) is 19.3 Å². The van der Waals surface area contributed by atoms with E-state index in [1.165, 1.54) is 42.5 Å². The van der Waals surface area contributed by atoms with E-state index in [1.54, 1.807) is 31.2 Å². The minimum atomic E-state index is -4.68. The molecule has 4 N–H and O–H groups in total. The monoisotopic (exact) mass is 520 g/mol.